The number of carbonyl (C=O) groups is 2. The highest BCUT2D eigenvalue weighted by Gasteiger charge is 2.26. The Bertz CT molecular complexity index is 1690. The Kier molecular flexibility index (Phi) is 8.70. The van der Waals surface area contributed by atoms with E-state index < -0.39 is 0 Å². The lowest BCUT2D eigenvalue weighted by Crippen LogP contribution is -2.30. The van der Waals surface area contributed by atoms with Crippen molar-refractivity contribution in [1.82, 2.24) is 19.5 Å². The lowest BCUT2D eigenvalue weighted by molar-refractivity contribution is 0.0600. The second-order valence-electron chi connectivity index (χ2n) is 11.0. The van der Waals surface area contributed by atoms with Crippen LogP contribution in [0, 0.1) is 6.92 Å². The Labute approximate surface area is 250 Å². The van der Waals surface area contributed by atoms with Gasteiger partial charge in [0.05, 0.1) is 30.1 Å². The van der Waals surface area contributed by atoms with Gasteiger partial charge in [0.15, 0.2) is 5.78 Å². The van der Waals surface area contributed by atoms with E-state index >= 15 is 0 Å². The van der Waals surface area contributed by atoms with Crippen molar-refractivity contribution in [3.63, 3.8) is 0 Å². The molecule has 0 radical (unpaired) electrons. The zero-order valence-corrected chi connectivity index (χ0v) is 25.3. The van der Waals surface area contributed by atoms with E-state index in [0.717, 1.165) is 50.1 Å². The largest absolute Gasteiger partial charge is 0.465 e. The van der Waals surface area contributed by atoms with Crippen LogP contribution in [0.4, 0.5) is 23.1 Å². The summed E-state index contributed by atoms with van der Waals surface area (Å²) >= 11 is 0. The summed E-state index contributed by atoms with van der Waals surface area (Å²) in [4.78, 5) is 55.5. The van der Waals surface area contributed by atoms with Gasteiger partial charge >= 0.3 is 5.97 Å². The number of pyridine rings is 2. The first kappa shape index (κ1) is 29.7. The first-order chi connectivity index (χ1) is 20.7. The molecule has 1 aromatic carbocycles. The molecule has 11 heteroatoms. The summed E-state index contributed by atoms with van der Waals surface area (Å²) < 4.78 is 6.47. The van der Waals surface area contributed by atoms with Crippen LogP contribution in [0.25, 0.3) is 11.0 Å². The molecule has 0 saturated heterocycles. The topological polar surface area (TPSA) is 123 Å². The number of fused-ring (bicyclic) bond motifs is 1. The van der Waals surface area contributed by atoms with Crippen molar-refractivity contribution in [3.05, 3.63) is 75.8 Å². The molecule has 11 nitrogen and oxygen atoms in total. The molecule has 1 aliphatic carbocycles. The van der Waals surface area contributed by atoms with Gasteiger partial charge in [-0.2, -0.15) is 4.98 Å². The van der Waals surface area contributed by atoms with Gasteiger partial charge in [-0.15, -0.1) is 0 Å². The van der Waals surface area contributed by atoms with Gasteiger partial charge in [0.2, 0.25) is 5.95 Å². The number of esters is 1. The van der Waals surface area contributed by atoms with Crippen molar-refractivity contribution >= 4 is 45.9 Å². The molecule has 4 aromatic rings. The number of benzene rings is 1. The van der Waals surface area contributed by atoms with Gasteiger partial charge in [0.1, 0.15) is 11.5 Å². The molecule has 1 fully saturated rings. The Morgan fingerprint density at radius 1 is 0.977 bits per heavy atom. The van der Waals surface area contributed by atoms with Crippen molar-refractivity contribution in [1.29, 1.82) is 0 Å². The number of ketones is 1. The van der Waals surface area contributed by atoms with Crippen LogP contribution >= 0.6 is 0 Å². The van der Waals surface area contributed by atoms with Crippen LogP contribution in [0.3, 0.4) is 0 Å². The molecule has 5 rings (SSSR count). The van der Waals surface area contributed by atoms with Gasteiger partial charge in [-0.3, -0.25) is 14.2 Å². The summed E-state index contributed by atoms with van der Waals surface area (Å²) in [7, 11) is 5.38. The van der Waals surface area contributed by atoms with Crippen molar-refractivity contribution in [2.75, 3.05) is 49.4 Å². The zero-order valence-electron chi connectivity index (χ0n) is 25.3. The van der Waals surface area contributed by atoms with Crippen molar-refractivity contribution in [3.8, 4) is 0 Å². The number of aryl methyl sites for hydroxylation is 1. The van der Waals surface area contributed by atoms with Gasteiger partial charge in [-0.1, -0.05) is 12.8 Å². The van der Waals surface area contributed by atoms with Gasteiger partial charge in [0.25, 0.3) is 5.56 Å². The number of nitrogens with one attached hydrogen (secondary N) is 1. The highest BCUT2D eigenvalue weighted by molar-refractivity contribution is 5.99. The van der Waals surface area contributed by atoms with Crippen molar-refractivity contribution in [2.24, 2.45) is 0 Å². The molecule has 0 unspecified atom stereocenters. The van der Waals surface area contributed by atoms with Gasteiger partial charge in [-0.05, 0) is 68.7 Å². The summed E-state index contributed by atoms with van der Waals surface area (Å²) in [6.45, 7) is 4.72. The second-order valence-corrected chi connectivity index (χ2v) is 11.0. The number of likely N-dealkylation sites (N-methyl/N-ethyl adjacent to an activating group) is 2. The third-order valence-corrected chi connectivity index (χ3v) is 8.18. The number of methoxy groups -OCH3 is 1. The molecule has 3 aromatic heterocycles. The Balaban J connectivity index is 1.29. The fourth-order valence-electron chi connectivity index (χ4n) is 5.64. The molecule has 1 aliphatic rings. The number of ether oxygens (including phenoxy) is 1. The number of rotatable bonds is 10. The van der Waals surface area contributed by atoms with Gasteiger partial charge < -0.3 is 19.9 Å². The van der Waals surface area contributed by atoms with Crippen LogP contribution in [0.1, 0.15) is 64.9 Å². The normalized spacial score (nSPS) is 13.2. The third kappa shape index (κ3) is 6.20. The van der Waals surface area contributed by atoms with E-state index in [1.54, 1.807) is 36.0 Å². The third-order valence-electron chi connectivity index (χ3n) is 8.18. The molecule has 1 saturated carbocycles. The molecule has 3 heterocycles. The quantitative estimate of drug-likeness (QED) is 0.203. The molecule has 1 N–H and O–H groups in total. The highest BCUT2D eigenvalue weighted by Crippen LogP contribution is 2.32. The zero-order chi connectivity index (χ0) is 30.7. The standard InChI is InChI=1S/C32H37N7O4/c1-20-26-19-34-32(36-29(26)39(24-8-6-7-9-24)30(41)28(20)21(2)40)35-27-15-14-25(18-33-27)38(4)17-16-37(3)23-12-10-22(11-13-23)31(42)43-5/h10-15,18-19,24H,6-9,16-17H2,1-5H3,(H,33,34,35,36). The van der Waals surface area contributed by atoms with E-state index in [-0.39, 0.29) is 28.9 Å². The van der Waals surface area contributed by atoms with Gasteiger partial charge in [0, 0.05) is 50.5 Å². The van der Waals surface area contributed by atoms with Crippen molar-refractivity contribution in [2.45, 2.75) is 45.6 Å². The Hall–Kier alpha value is -4.80. The summed E-state index contributed by atoms with van der Waals surface area (Å²) in [6, 6.07) is 11.2. The number of anilines is 4. The molecule has 0 amide bonds. The summed E-state index contributed by atoms with van der Waals surface area (Å²) in [6.07, 6.45) is 7.32. The number of carbonyl (C=O) groups excluding carboxylic acids is 2. The molecule has 0 bridgehead atoms. The molecule has 0 aliphatic heterocycles. The lowest BCUT2D eigenvalue weighted by atomic mass is 10.0. The number of nitrogens with zero attached hydrogens (tertiary/aromatic N) is 6. The molecule has 0 atom stereocenters. The van der Waals surface area contributed by atoms with Crippen LogP contribution in [-0.2, 0) is 4.74 Å². The van der Waals surface area contributed by atoms with Gasteiger partial charge in [-0.25, -0.2) is 14.8 Å². The molecule has 0 spiro atoms. The first-order valence-corrected chi connectivity index (χ1v) is 14.4. The minimum Gasteiger partial charge on any atom is -0.465 e. The van der Waals surface area contributed by atoms with Crippen LogP contribution in [0.15, 0.2) is 53.6 Å². The van der Waals surface area contributed by atoms with Crippen LogP contribution in [-0.4, -0.2) is 65.6 Å². The molecule has 43 heavy (non-hydrogen) atoms. The number of aromatic nitrogens is 4. The second kappa shape index (κ2) is 12.6. The molecular formula is C32H37N7O4. The highest BCUT2D eigenvalue weighted by atomic mass is 16.5. The van der Waals surface area contributed by atoms with Crippen LogP contribution in [0.5, 0.6) is 0 Å². The predicted octanol–water partition coefficient (Wildman–Crippen LogP) is 4.92. The van der Waals surface area contributed by atoms with Crippen molar-refractivity contribution < 1.29 is 14.3 Å². The van der Waals surface area contributed by atoms with E-state index in [4.69, 9.17) is 9.72 Å². The predicted molar refractivity (Wildman–Crippen MR) is 168 cm³/mol. The summed E-state index contributed by atoms with van der Waals surface area (Å²) in [5.41, 5.74) is 3.56. The fraction of sp³-hybridized carbons (Fsp3) is 0.375. The summed E-state index contributed by atoms with van der Waals surface area (Å²) in [5.74, 6) is 0.316. The average molecular weight is 584 g/mol. The number of hydrogen-bond donors (Lipinski definition) is 1. The van der Waals surface area contributed by atoms with E-state index in [0.29, 0.717) is 33.9 Å². The molecular weight excluding hydrogens is 546 g/mol. The van der Waals surface area contributed by atoms with E-state index in [9.17, 15) is 14.4 Å². The van der Waals surface area contributed by atoms with E-state index in [2.05, 4.69) is 25.1 Å². The minimum atomic E-state index is -0.353. The van der Waals surface area contributed by atoms with Crippen LogP contribution < -0.4 is 20.7 Å². The maximum absolute atomic E-state index is 13.5. The number of hydrogen-bond acceptors (Lipinski definition) is 10. The summed E-state index contributed by atoms with van der Waals surface area (Å²) in [5, 5.41) is 3.87. The Morgan fingerprint density at radius 2 is 1.63 bits per heavy atom. The minimum absolute atomic E-state index is 0.0164. The molecule has 224 valence electrons. The Morgan fingerprint density at radius 3 is 2.23 bits per heavy atom. The smallest absolute Gasteiger partial charge is 0.337 e. The SMILES string of the molecule is COC(=O)c1ccc(N(C)CCN(C)c2ccc(Nc3ncc4c(C)c(C(C)=O)c(=O)n(C5CCCC5)c4n3)nc2)cc1. The average Bonchev–Trinajstić information content (AvgIpc) is 3.54. The van der Waals surface area contributed by atoms with E-state index in [1.165, 1.54) is 14.0 Å². The monoisotopic (exact) mass is 583 g/mol. The first-order valence-electron chi connectivity index (χ1n) is 14.4. The number of Topliss-reactive ketones (excluding diaryl/α,β-unsaturated/α-hetero) is 1. The fourth-order valence-corrected chi connectivity index (χ4v) is 5.64. The van der Waals surface area contributed by atoms with E-state index in [1.807, 2.05) is 38.4 Å². The van der Waals surface area contributed by atoms with Crippen LogP contribution in [0.2, 0.25) is 0 Å². The maximum Gasteiger partial charge on any atom is 0.337 e. The maximum atomic E-state index is 13.5. The lowest BCUT2D eigenvalue weighted by Gasteiger charge is -2.25.